The van der Waals surface area contributed by atoms with Gasteiger partial charge in [-0.05, 0) is 91.4 Å². The average Bonchev–Trinajstić information content (AvgIpc) is 3.17. The van der Waals surface area contributed by atoms with E-state index in [0.717, 1.165) is 36.8 Å². The molecule has 0 aromatic heterocycles. The summed E-state index contributed by atoms with van der Waals surface area (Å²) in [6.07, 6.45) is 10.5. The quantitative estimate of drug-likeness (QED) is 0.549. The fourth-order valence-electron chi connectivity index (χ4n) is 6.97. The molecule has 4 nitrogen and oxygen atoms in total. The van der Waals surface area contributed by atoms with Crippen molar-refractivity contribution in [1.29, 1.82) is 0 Å². The maximum Gasteiger partial charge on any atom is 0.178 e. The fourth-order valence-corrected chi connectivity index (χ4v) is 8.46. The molecule has 0 radical (unpaired) electrons. The first kappa shape index (κ1) is 25.4. The normalized spacial score (nSPS) is 35.5. The summed E-state index contributed by atoms with van der Waals surface area (Å²) in [5.74, 6) is 1.60. The third-order valence-electron chi connectivity index (χ3n) is 8.93. The van der Waals surface area contributed by atoms with Crippen LogP contribution in [0, 0.1) is 23.2 Å². The Bertz CT molecular complexity index is 1050. The Balaban J connectivity index is 1.46. The number of fused-ring (bicyclic) bond motifs is 1. The van der Waals surface area contributed by atoms with E-state index in [-0.39, 0.29) is 11.2 Å². The minimum Gasteiger partial charge on any atom is -0.393 e. The lowest BCUT2D eigenvalue weighted by molar-refractivity contribution is 0.0861. The maximum atomic E-state index is 12.8. The molecule has 5 heteroatoms. The highest BCUT2D eigenvalue weighted by Gasteiger charge is 2.50. The molecule has 1 aromatic carbocycles. The summed E-state index contributed by atoms with van der Waals surface area (Å²) in [6, 6.07) is 8.80. The van der Waals surface area contributed by atoms with E-state index in [1.54, 1.807) is 24.3 Å². The summed E-state index contributed by atoms with van der Waals surface area (Å²) in [4.78, 5) is 0.424. The molecule has 6 atom stereocenters. The number of hydrogen-bond acceptors (Lipinski definition) is 4. The SMILES string of the molecule is C=C1/C(=C\C=C2/CCCC3(C)C2CCC3C(C)CCS(=O)(=O)c2ccccc2)CC(O)CC1O. The molecule has 1 aromatic rings. The number of aliphatic hydroxyl groups excluding tert-OH is 2. The molecule has 2 N–H and O–H groups in total. The van der Waals surface area contributed by atoms with Gasteiger partial charge in [-0.3, -0.25) is 0 Å². The van der Waals surface area contributed by atoms with E-state index >= 15 is 0 Å². The summed E-state index contributed by atoms with van der Waals surface area (Å²) in [5, 5.41) is 20.2. The Hall–Kier alpha value is -1.69. The molecule has 0 heterocycles. The highest BCUT2D eigenvalue weighted by Crippen LogP contribution is 2.59. The van der Waals surface area contributed by atoms with Crippen LogP contribution in [0.25, 0.3) is 0 Å². The molecular weight excluding hydrogens is 444 g/mol. The van der Waals surface area contributed by atoms with Crippen LogP contribution in [0.15, 0.2) is 70.7 Å². The second kappa shape index (κ2) is 10.1. The van der Waals surface area contributed by atoms with E-state index < -0.39 is 22.0 Å². The van der Waals surface area contributed by atoms with Crippen molar-refractivity contribution >= 4 is 9.84 Å². The van der Waals surface area contributed by atoms with E-state index in [9.17, 15) is 18.6 Å². The van der Waals surface area contributed by atoms with Crippen molar-refractivity contribution in [3.8, 4) is 0 Å². The van der Waals surface area contributed by atoms with E-state index in [1.807, 2.05) is 6.07 Å². The number of sulfone groups is 1. The van der Waals surface area contributed by atoms with Crippen LogP contribution in [-0.4, -0.2) is 36.6 Å². The van der Waals surface area contributed by atoms with Gasteiger partial charge in [0.25, 0.3) is 0 Å². The predicted octanol–water partition coefficient (Wildman–Crippen LogP) is 5.63. The van der Waals surface area contributed by atoms with Gasteiger partial charge in [0.2, 0.25) is 0 Å². The molecule has 0 saturated heterocycles. The van der Waals surface area contributed by atoms with Crippen molar-refractivity contribution in [3.63, 3.8) is 0 Å². The van der Waals surface area contributed by atoms with Crippen LogP contribution >= 0.6 is 0 Å². The van der Waals surface area contributed by atoms with Crippen LogP contribution in [0.5, 0.6) is 0 Å². The van der Waals surface area contributed by atoms with Gasteiger partial charge in [0, 0.05) is 6.42 Å². The number of hydrogen-bond donors (Lipinski definition) is 2. The van der Waals surface area contributed by atoms with E-state index in [2.05, 4.69) is 32.6 Å². The van der Waals surface area contributed by atoms with Crippen LogP contribution in [0.1, 0.15) is 65.2 Å². The first-order valence-corrected chi connectivity index (χ1v) is 14.5. The Morgan fingerprint density at radius 1 is 1.18 bits per heavy atom. The minimum atomic E-state index is -3.25. The number of rotatable bonds is 6. The van der Waals surface area contributed by atoms with Gasteiger partial charge in [-0.1, -0.05) is 56.4 Å². The predicted molar refractivity (Wildman–Crippen MR) is 137 cm³/mol. The zero-order valence-corrected chi connectivity index (χ0v) is 21.4. The molecule has 0 aliphatic heterocycles. The Labute approximate surface area is 205 Å². The molecular formula is C29H40O4S. The van der Waals surface area contributed by atoms with Crippen LogP contribution in [0.4, 0.5) is 0 Å². The largest absolute Gasteiger partial charge is 0.393 e. The topological polar surface area (TPSA) is 74.6 Å². The first-order chi connectivity index (χ1) is 16.1. The Morgan fingerprint density at radius 3 is 2.65 bits per heavy atom. The van der Waals surface area contributed by atoms with Crippen molar-refractivity contribution in [3.05, 3.63) is 65.8 Å². The maximum absolute atomic E-state index is 12.8. The molecule has 0 spiro atoms. The van der Waals surface area contributed by atoms with Gasteiger partial charge in [0.15, 0.2) is 9.84 Å². The van der Waals surface area contributed by atoms with Crippen molar-refractivity contribution in [2.75, 3.05) is 5.75 Å². The van der Waals surface area contributed by atoms with E-state index in [1.165, 1.54) is 12.0 Å². The lowest BCUT2D eigenvalue weighted by Crippen LogP contribution is -2.36. The van der Waals surface area contributed by atoms with Crippen LogP contribution in [0.3, 0.4) is 0 Å². The third-order valence-corrected chi connectivity index (χ3v) is 10.7. The van der Waals surface area contributed by atoms with Gasteiger partial charge in [-0.25, -0.2) is 8.42 Å². The fraction of sp³-hybridized carbons (Fsp3) is 0.586. The highest BCUT2D eigenvalue weighted by atomic mass is 32.2. The molecule has 186 valence electrons. The highest BCUT2D eigenvalue weighted by molar-refractivity contribution is 7.91. The number of aliphatic hydroxyl groups is 2. The lowest BCUT2D eigenvalue weighted by atomic mass is 9.61. The molecule has 3 saturated carbocycles. The molecule has 3 aliphatic rings. The number of allylic oxidation sites excluding steroid dienone is 3. The van der Waals surface area contributed by atoms with Gasteiger partial charge in [0.1, 0.15) is 0 Å². The lowest BCUT2D eigenvalue weighted by Gasteiger charge is -2.44. The van der Waals surface area contributed by atoms with Gasteiger partial charge < -0.3 is 10.2 Å². The van der Waals surface area contributed by atoms with Crippen LogP contribution in [-0.2, 0) is 9.84 Å². The van der Waals surface area contributed by atoms with Gasteiger partial charge in [0.05, 0.1) is 22.9 Å². The summed E-state index contributed by atoms with van der Waals surface area (Å²) >= 11 is 0. The van der Waals surface area contributed by atoms with Crippen LogP contribution in [0.2, 0.25) is 0 Å². The summed E-state index contributed by atoms with van der Waals surface area (Å²) in [6.45, 7) is 8.71. The molecule has 6 unspecified atom stereocenters. The molecule has 4 rings (SSSR count). The molecule has 34 heavy (non-hydrogen) atoms. The summed E-state index contributed by atoms with van der Waals surface area (Å²) in [5.41, 5.74) is 3.36. The van der Waals surface area contributed by atoms with Crippen molar-refractivity contribution in [1.82, 2.24) is 0 Å². The second-order valence-electron chi connectivity index (χ2n) is 11.1. The average molecular weight is 485 g/mol. The van der Waals surface area contributed by atoms with Gasteiger partial charge >= 0.3 is 0 Å². The monoisotopic (exact) mass is 484 g/mol. The molecule has 0 amide bonds. The Kier molecular flexibility index (Phi) is 7.56. The second-order valence-corrected chi connectivity index (χ2v) is 13.2. The van der Waals surface area contributed by atoms with Crippen molar-refractivity contribution < 1.29 is 18.6 Å². The van der Waals surface area contributed by atoms with E-state index in [0.29, 0.717) is 41.9 Å². The smallest absolute Gasteiger partial charge is 0.178 e. The molecule has 0 bridgehead atoms. The standard InChI is InChI=1S/C29H40O4S/c1-20(15-17-34(32,33)25-9-5-4-6-10-25)26-13-14-27-22(8-7-16-29(26,27)3)11-12-23-18-24(30)19-28(31)21(23)2/h4-6,9-12,20,24,26-28,30-31H,2,7-8,13-19H2,1,3H3/b22-11+,23-12-. The van der Waals surface area contributed by atoms with Crippen molar-refractivity contribution in [2.45, 2.75) is 82.3 Å². The third kappa shape index (κ3) is 5.12. The minimum absolute atomic E-state index is 0.196. The van der Waals surface area contributed by atoms with Crippen LogP contribution < -0.4 is 0 Å². The van der Waals surface area contributed by atoms with E-state index in [4.69, 9.17) is 0 Å². The molecule has 3 fully saturated rings. The number of benzene rings is 1. The summed E-state index contributed by atoms with van der Waals surface area (Å²) < 4.78 is 25.6. The van der Waals surface area contributed by atoms with Gasteiger partial charge in [-0.2, -0.15) is 0 Å². The Morgan fingerprint density at radius 2 is 1.91 bits per heavy atom. The zero-order chi connectivity index (χ0) is 24.5. The van der Waals surface area contributed by atoms with Crippen molar-refractivity contribution in [2.24, 2.45) is 23.2 Å². The summed E-state index contributed by atoms with van der Waals surface area (Å²) in [7, 11) is -3.25. The molecule has 3 aliphatic carbocycles. The zero-order valence-electron chi connectivity index (χ0n) is 20.6. The first-order valence-electron chi connectivity index (χ1n) is 12.8. The van der Waals surface area contributed by atoms with Gasteiger partial charge in [-0.15, -0.1) is 0 Å².